The molecule has 0 aliphatic rings. The van der Waals surface area contributed by atoms with Crippen molar-refractivity contribution in [1.29, 1.82) is 0 Å². The highest BCUT2D eigenvalue weighted by atomic mass is 16.2. The first kappa shape index (κ1) is 15.7. The second-order valence-corrected chi connectivity index (χ2v) is 5.37. The minimum atomic E-state index is -0.365. The Morgan fingerprint density at radius 2 is 2.05 bits per heavy atom. The SMILES string of the molecule is CCCC[C@H](N)C(=O)N(C)Cc1ccc(C)cc1C. The lowest BCUT2D eigenvalue weighted by molar-refractivity contribution is -0.132. The molecule has 0 heterocycles. The summed E-state index contributed by atoms with van der Waals surface area (Å²) in [6.45, 7) is 6.89. The van der Waals surface area contributed by atoms with Crippen LogP contribution in [0.4, 0.5) is 0 Å². The van der Waals surface area contributed by atoms with Crippen molar-refractivity contribution in [2.45, 2.75) is 52.6 Å². The minimum absolute atomic E-state index is 0.0356. The van der Waals surface area contributed by atoms with Gasteiger partial charge in [0.2, 0.25) is 5.91 Å². The van der Waals surface area contributed by atoms with E-state index < -0.39 is 0 Å². The summed E-state index contributed by atoms with van der Waals surface area (Å²) in [4.78, 5) is 13.9. The monoisotopic (exact) mass is 262 g/mol. The lowest BCUT2D eigenvalue weighted by Crippen LogP contribution is -2.41. The first-order chi connectivity index (χ1) is 8.95. The third-order valence-corrected chi connectivity index (χ3v) is 3.47. The number of likely N-dealkylation sites (N-methyl/N-ethyl adjacent to an activating group) is 1. The zero-order valence-electron chi connectivity index (χ0n) is 12.6. The zero-order valence-corrected chi connectivity index (χ0v) is 12.6. The Labute approximate surface area is 116 Å². The number of nitrogens with two attached hydrogens (primary N) is 1. The van der Waals surface area contributed by atoms with Gasteiger partial charge < -0.3 is 10.6 Å². The molecule has 0 saturated heterocycles. The maximum Gasteiger partial charge on any atom is 0.239 e. The summed E-state index contributed by atoms with van der Waals surface area (Å²) in [6, 6.07) is 5.95. The van der Waals surface area contributed by atoms with Crippen molar-refractivity contribution in [1.82, 2.24) is 4.90 Å². The quantitative estimate of drug-likeness (QED) is 0.857. The van der Waals surface area contributed by atoms with Crippen LogP contribution in [0.2, 0.25) is 0 Å². The van der Waals surface area contributed by atoms with E-state index in [2.05, 4.69) is 39.0 Å². The van der Waals surface area contributed by atoms with E-state index in [0.29, 0.717) is 6.54 Å². The largest absolute Gasteiger partial charge is 0.340 e. The molecule has 3 heteroatoms. The van der Waals surface area contributed by atoms with Gasteiger partial charge in [0.15, 0.2) is 0 Å². The van der Waals surface area contributed by atoms with Crippen LogP contribution in [0.3, 0.4) is 0 Å². The van der Waals surface area contributed by atoms with E-state index >= 15 is 0 Å². The van der Waals surface area contributed by atoms with Gasteiger partial charge in [0.05, 0.1) is 6.04 Å². The van der Waals surface area contributed by atoms with E-state index in [-0.39, 0.29) is 11.9 Å². The van der Waals surface area contributed by atoms with Crippen LogP contribution >= 0.6 is 0 Å². The fraction of sp³-hybridized carbons (Fsp3) is 0.562. The van der Waals surface area contributed by atoms with Crippen LogP contribution in [0.1, 0.15) is 42.9 Å². The molecule has 0 spiro atoms. The van der Waals surface area contributed by atoms with Crippen LogP contribution < -0.4 is 5.73 Å². The lowest BCUT2D eigenvalue weighted by Gasteiger charge is -2.22. The first-order valence-electron chi connectivity index (χ1n) is 7.02. The topological polar surface area (TPSA) is 46.3 Å². The molecule has 19 heavy (non-hydrogen) atoms. The van der Waals surface area contributed by atoms with Crippen LogP contribution in [0, 0.1) is 13.8 Å². The smallest absolute Gasteiger partial charge is 0.239 e. The summed E-state index contributed by atoms with van der Waals surface area (Å²) in [5.41, 5.74) is 9.58. The molecule has 0 aliphatic carbocycles. The van der Waals surface area contributed by atoms with E-state index in [4.69, 9.17) is 5.73 Å². The summed E-state index contributed by atoms with van der Waals surface area (Å²) >= 11 is 0. The Bertz CT molecular complexity index is 429. The van der Waals surface area contributed by atoms with Crippen LogP contribution in [0.25, 0.3) is 0 Å². The van der Waals surface area contributed by atoms with Crippen LogP contribution in [0.5, 0.6) is 0 Å². The first-order valence-corrected chi connectivity index (χ1v) is 7.02. The molecule has 1 aromatic carbocycles. The van der Waals surface area contributed by atoms with Crippen molar-refractivity contribution in [3.05, 3.63) is 34.9 Å². The van der Waals surface area contributed by atoms with Gasteiger partial charge >= 0.3 is 0 Å². The molecule has 0 bridgehead atoms. The van der Waals surface area contributed by atoms with Gasteiger partial charge in [-0.05, 0) is 31.4 Å². The average molecular weight is 262 g/mol. The van der Waals surface area contributed by atoms with Gasteiger partial charge in [-0.25, -0.2) is 0 Å². The molecule has 1 atom stereocenters. The number of carbonyl (C=O) groups excluding carboxylic acids is 1. The predicted octanol–water partition coefficient (Wildman–Crippen LogP) is 2.78. The van der Waals surface area contributed by atoms with Crippen LogP contribution in [-0.4, -0.2) is 23.9 Å². The van der Waals surface area contributed by atoms with Crippen molar-refractivity contribution in [3.63, 3.8) is 0 Å². The molecule has 1 rings (SSSR count). The van der Waals surface area contributed by atoms with Crippen molar-refractivity contribution in [2.24, 2.45) is 5.73 Å². The van der Waals surface area contributed by atoms with Crippen molar-refractivity contribution in [3.8, 4) is 0 Å². The number of rotatable bonds is 6. The fourth-order valence-corrected chi connectivity index (χ4v) is 2.19. The molecule has 2 N–H and O–H groups in total. The van der Waals surface area contributed by atoms with Gasteiger partial charge in [0.25, 0.3) is 0 Å². The maximum atomic E-state index is 12.1. The molecule has 3 nitrogen and oxygen atoms in total. The predicted molar refractivity (Wildman–Crippen MR) is 79.9 cm³/mol. The van der Waals surface area contributed by atoms with Gasteiger partial charge in [-0.3, -0.25) is 4.79 Å². The van der Waals surface area contributed by atoms with Crippen molar-refractivity contribution in [2.75, 3.05) is 7.05 Å². The van der Waals surface area contributed by atoms with E-state index in [1.807, 2.05) is 7.05 Å². The molecular formula is C16H26N2O. The molecule has 0 saturated carbocycles. The molecular weight excluding hydrogens is 236 g/mol. The Kier molecular flexibility index (Phi) is 6.03. The van der Waals surface area contributed by atoms with Gasteiger partial charge in [0.1, 0.15) is 0 Å². The number of amides is 1. The van der Waals surface area contributed by atoms with Crippen molar-refractivity contribution < 1.29 is 4.79 Å². The Hall–Kier alpha value is -1.35. The van der Waals surface area contributed by atoms with Crippen LogP contribution in [0.15, 0.2) is 18.2 Å². The number of aryl methyl sites for hydroxylation is 2. The second-order valence-electron chi connectivity index (χ2n) is 5.37. The van der Waals surface area contributed by atoms with E-state index in [0.717, 1.165) is 19.3 Å². The summed E-state index contributed by atoms with van der Waals surface area (Å²) in [5.74, 6) is 0.0356. The summed E-state index contributed by atoms with van der Waals surface area (Å²) in [5, 5.41) is 0. The molecule has 106 valence electrons. The highest BCUT2D eigenvalue weighted by Crippen LogP contribution is 2.13. The van der Waals surface area contributed by atoms with Gasteiger partial charge in [-0.1, -0.05) is 43.5 Å². The summed E-state index contributed by atoms with van der Waals surface area (Å²) < 4.78 is 0. The number of carbonyl (C=O) groups is 1. The standard InChI is InChI=1S/C16H26N2O/c1-5-6-7-15(17)16(19)18(4)11-14-9-8-12(2)10-13(14)3/h8-10,15H,5-7,11,17H2,1-4H3/t15-/m0/s1. The summed E-state index contributed by atoms with van der Waals surface area (Å²) in [7, 11) is 1.83. The molecule has 0 unspecified atom stereocenters. The number of hydrogen-bond donors (Lipinski definition) is 1. The average Bonchev–Trinajstić information content (AvgIpc) is 2.38. The molecule has 1 amide bonds. The highest BCUT2D eigenvalue weighted by Gasteiger charge is 2.17. The Morgan fingerprint density at radius 3 is 2.63 bits per heavy atom. The van der Waals surface area contributed by atoms with Crippen molar-refractivity contribution >= 4 is 5.91 Å². The lowest BCUT2D eigenvalue weighted by atomic mass is 10.0. The van der Waals surface area contributed by atoms with E-state index in [9.17, 15) is 4.79 Å². The Balaban J connectivity index is 2.63. The molecule has 1 aromatic rings. The fourth-order valence-electron chi connectivity index (χ4n) is 2.19. The number of unbranched alkanes of at least 4 members (excludes halogenated alkanes) is 1. The summed E-state index contributed by atoms with van der Waals surface area (Å²) in [6.07, 6.45) is 2.85. The second kappa shape index (κ2) is 7.29. The zero-order chi connectivity index (χ0) is 14.4. The third-order valence-electron chi connectivity index (χ3n) is 3.47. The van der Waals surface area contributed by atoms with Gasteiger partial charge in [0, 0.05) is 13.6 Å². The molecule has 0 radical (unpaired) electrons. The minimum Gasteiger partial charge on any atom is -0.340 e. The van der Waals surface area contributed by atoms with E-state index in [1.54, 1.807) is 4.90 Å². The van der Waals surface area contributed by atoms with Gasteiger partial charge in [-0.2, -0.15) is 0 Å². The third kappa shape index (κ3) is 4.67. The number of nitrogens with zero attached hydrogens (tertiary/aromatic N) is 1. The Morgan fingerprint density at radius 1 is 1.37 bits per heavy atom. The maximum absolute atomic E-state index is 12.1. The normalized spacial score (nSPS) is 12.3. The highest BCUT2D eigenvalue weighted by molar-refractivity contribution is 5.81. The van der Waals surface area contributed by atoms with Crippen LogP contribution in [-0.2, 0) is 11.3 Å². The number of hydrogen-bond acceptors (Lipinski definition) is 2. The number of benzene rings is 1. The molecule has 0 fully saturated rings. The van der Waals surface area contributed by atoms with E-state index in [1.165, 1.54) is 16.7 Å². The van der Waals surface area contributed by atoms with Gasteiger partial charge in [-0.15, -0.1) is 0 Å². The molecule has 0 aliphatic heterocycles. The molecule has 0 aromatic heterocycles.